The van der Waals surface area contributed by atoms with Gasteiger partial charge in [-0.3, -0.25) is 0 Å². The van der Waals surface area contributed by atoms with Gasteiger partial charge >= 0.3 is 11.9 Å². The number of carbonyl (C=O) groups excluding carboxylic acids is 2. The third-order valence-corrected chi connectivity index (χ3v) is 6.83. The summed E-state index contributed by atoms with van der Waals surface area (Å²) in [5.74, 6) is -5.00. The van der Waals surface area contributed by atoms with Crippen LogP contribution in [0.3, 0.4) is 0 Å². The largest absolute Gasteiger partial charge is 0.504 e. The summed E-state index contributed by atoms with van der Waals surface area (Å²) in [6, 6.07) is 7.03. The number of phenols is 4. The van der Waals surface area contributed by atoms with Crippen molar-refractivity contribution < 1.29 is 84.3 Å². The molecular weight excluding hydrogens is 584 g/mol. The molecule has 0 aromatic heterocycles. The number of carbonyl (C=O) groups is 2. The molecule has 0 amide bonds. The van der Waals surface area contributed by atoms with Crippen molar-refractivity contribution in [3.8, 4) is 23.0 Å². The van der Waals surface area contributed by atoms with Crippen LogP contribution >= 0.6 is 0 Å². The van der Waals surface area contributed by atoms with Crippen molar-refractivity contribution in [2.45, 2.75) is 61.4 Å². The highest BCUT2D eigenvalue weighted by Crippen LogP contribution is 2.32. The van der Waals surface area contributed by atoms with E-state index in [0.717, 1.165) is 24.3 Å². The summed E-state index contributed by atoms with van der Waals surface area (Å²) >= 11 is 0. The quantitative estimate of drug-likeness (QED) is 0.106. The van der Waals surface area contributed by atoms with Crippen LogP contribution < -0.4 is 0 Å². The molecule has 0 bridgehead atoms. The van der Waals surface area contributed by atoms with Gasteiger partial charge in [-0.05, 0) is 24.3 Å². The zero-order valence-electron chi connectivity index (χ0n) is 22.0. The van der Waals surface area contributed by atoms with Gasteiger partial charge in [-0.15, -0.1) is 0 Å². The van der Waals surface area contributed by atoms with Crippen molar-refractivity contribution in [2.24, 2.45) is 0 Å². The zero-order chi connectivity index (χ0) is 31.6. The number of phenolic OH excluding ortho intramolecular Hbond substituents is 4. The molecule has 4 rings (SSSR count). The molecule has 2 aromatic rings. The molecule has 0 unspecified atom stereocenters. The zero-order valence-corrected chi connectivity index (χ0v) is 22.0. The maximum Gasteiger partial charge on any atom is 0.342 e. The minimum atomic E-state index is -1.97. The molecule has 17 nitrogen and oxygen atoms in total. The van der Waals surface area contributed by atoms with E-state index in [-0.39, 0.29) is 0 Å². The van der Waals surface area contributed by atoms with Crippen LogP contribution in [0.25, 0.3) is 0 Å². The van der Waals surface area contributed by atoms with Gasteiger partial charge in [0.1, 0.15) is 73.2 Å². The number of benzene rings is 2. The maximum absolute atomic E-state index is 12.4. The Morgan fingerprint density at radius 2 is 0.953 bits per heavy atom. The first kappa shape index (κ1) is 32.1. The average Bonchev–Trinajstić information content (AvgIpc) is 2.98. The second kappa shape index (κ2) is 13.2. The van der Waals surface area contributed by atoms with Gasteiger partial charge in [0.25, 0.3) is 0 Å². The van der Waals surface area contributed by atoms with Gasteiger partial charge in [-0.2, -0.15) is 0 Å². The third kappa shape index (κ3) is 6.74. The Morgan fingerprint density at radius 3 is 1.33 bits per heavy atom. The van der Waals surface area contributed by atoms with E-state index in [1.54, 1.807) is 0 Å². The highest BCUT2D eigenvalue weighted by atomic mass is 16.8. The van der Waals surface area contributed by atoms with E-state index in [4.69, 9.17) is 23.7 Å². The smallest absolute Gasteiger partial charge is 0.342 e. The standard InChI is InChI=1S/C26H30O17/c27-11-5-1-3-9(15(11)29)23(37)39-7-13-17(31)19(33)21(35)25(41-13)43-26-22(36)20(34)18(32)14(42-26)8-40-24(38)10-4-2-6-12(28)16(10)30/h1-6,13-14,17-22,25-36H,7-8H2/t13-,14-,17-,18-,19+,20+,21-,22-,25-,26-/m1/s1. The number of esters is 2. The van der Waals surface area contributed by atoms with Gasteiger partial charge in [-0.1, -0.05) is 12.1 Å². The minimum Gasteiger partial charge on any atom is -0.504 e. The lowest BCUT2D eigenvalue weighted by Gasteiger charge is -2.44. The van der Waals surface area contributed by atoms with Crippen molar-refractivity contribution in [2.75, 3.05) is 13.2 Å². The molecule has 2 aliphatic heterocycles. The fourth-order valence-corrected chi connectivity index (χ4v) is 4.33. The molecule has 43 heavy (non-hydrogen) atoms. The average molecular weight is 615 g/mol. The van der Waals surface area contributed by atoms with Gasteiger partial charge in [0.2, 0.25) is 0 Å². The molecule has 2 aliphatic rings. The van der Waals surface area contributed by atoms with Crippen LogP contribution in [0.4, 0.5) is 0 Å². The summed E-state index contributed by atoms with van der Waals surface area (Å²) < 4.78 is 26.2. The summed E-state index contributed by atoms with van der Waals surface area (Å²) in [5, 5.41) is 101. The third-order valence-electron chi connectivity index (χ3n) is 6.83. The highest BCUT2D eigenvalue weighted by Gasteiger charge is 2.50. The number of hydrogen-bond donors (Lipinski definition) is 10. The van der Waals surface area contributed by atoms with Crippen LogP contribution in [0.1, 0.15) is 20.7 Å². The van der Waals surface area contributed by atoms with Gasteiger partial charge in [0.05, 0.1) is 0 Å². The second-order valence-electron chi connectivity index (χ2n) is 9.71. The summed E-state index contributed by atoms with van der Waals surface area (Å²) in [4.78, 5) is 24.7. The topological polar surface area (TPSA) is 283 Å². The molecule has 2 aromatic carbocycles. The van der Waals surface area contributed by atoms with Crippen LogP contribution in [0.15, 0.2) is 36.4 Å². The Labute approximate surface area is 241 Å². The first-order valence-electron chi connectivity index (χ1n) is 12.7. The predicted octanol–water partition coefficient (Wildman–Crippen LogP) is -2.85. The highest BCUT2D eigenvalue weighted by molar-refractivity contribution is 5.93. The summed E-state index contributed by atoms with van der Waals surface area (Å²) in [6.45, 7) is -1.51. The Balaban J connectivity index is 1.40. The molecule has 0 spiro atoms. The van der Waals surface area contributed by atoms with E-state index < -0.39 is 121 Å². The second-order valence-corrected chi connectivity index (χ2v) is 9.71. The van der Waals surface area contributed by atoms with Crippen molar-refractivity contribution in [1.29, 1.82) is 0 Å². The predicted molar refractivity (Wildman–Crippen MR) is 135 cm³/mol. The maximum atomic E-state index is 12.4. The lowest BCUT2D eigenvalue weighted by molar-refractivity contribution is -0.376. The van der Waals surface area contributed by atoms with Crippen molar-refractivity contribution in [3.63, 3.8) is 0 Å². The molecule has 0 saturated carbocycles. The Kier molecular flexibility index (Phi) is 9.90. The van der Waals surface area contributed by atoms with E-state index in [0.29, 0.717) is 0 Å². The van der Waals surface area contributed by atoms with Crippen LogP contribution in [0.5, 0.6) is 23.0 Å². The molecule has 0 radical (unpaired) electrons. The summed E-state index contributed by atoms with van der Waals surface area (Å²) in [7, 11) is 0. The monoisotopic (exact) mass is 614 g/mol. The van der Waals surface area contributed by atoms with E-state index in [1.807, 2.05) is 0 Å². The number of aliphatic hydroxyl groups excluding tert-OH is 6. The van der Waals surface area contributed by atoms with Crippen molar-refractivity contribution in [3.05, 3.63) is 47.5 Å². The van der Waals surface area contributed by atoms with Gasteiger partial charge in [0.15, 0.2) is 35.6 Å². The summed E-state index contributed by atoms with van der Waals surface area (Å²) in [6.07, 6.45) is -18.3. The first-order valence-corrected chi connectivity index (χ1v) is 12.7. The molecule has 10 atom stereocenters. The number of ether oxygens (including phenoxy) is 5. The SMILES string of the molecule is O=C(OC[C@H]1O[C@H](O[C@H]2O[C@H](COC(=O)c3cccc(O)c3O)[C@@H](O)[C@H](O)[C@H]2O)[C@H](O)[C@@H](O)[C@@H]1O)c1cccc(O)c1O. The van der Waals surface area contributed by atoms with Gasteiger partial charge in [0, 0.05) is 0 Å². The normalized spacial score (nSPS) is 32.6. The molecule has 17 heteroatoms. The van der Waals surface area contributed by atoms with Crippen LogP contribution in [-0.4, -0.2) is 138 Å². The number of aromatic hydroxyl groups is 4. The number of aliphatic hydroxyl groups is 6. The van der Waals surface area contributed by atoms with Crippen molar-refractivity contribution >= 4 is 11.9 Å². The Morgan fingerprint density at radius 1 is 0.581 bits per heavy atom. The minimum absolute atomic E-state index is 0.420. The Hall–Kier alpha value is -3.78. The van der Waals surface area contributed by atoms with Crippen LogP contribution in [-0.2, 0) is 23.7 Å². The molecule has 2 heterocycles. The molecule has 236 valence electrons. The lowest BCUT2D eigenvalue weighted by atomic mass is 9.98. The molecule has 10 N–H and O–H groups in total. The van der Waals surface area contributed by atoms with E-state index in [9.17, 15) is 60.7 Å². The van der Waals surface area contributed by atoms with Gasteiger partial charge < -0.3 is 74.7 Å². The van der Waals surface area contributed by atoms with E-state index in [2.05, 4.69) is 0 Å². The lowest BCUT2D eigenvalue weighted by Crippen LogP contribution is -2.64. The summed E-state index contributed by atoms with van der Waals surface area (Å²) in [5.41, 5.74) is -0.841. The first-order chi connectivity index (χ1) is 20.3. The van der Waals surface area contributed by atoms with Crippen LogP contribution in [0, 0.1) is 0 Å². The fourth-order valence-electron chi connectivity index (χ4n) is 4.33. The van der Waals surface area contributed by atoms with Crippen molar-refractivity contribution in [1.82, 2.24) is 0 Å². The number of rotatable bonds is 8. The van der Waals surface area contributed by atoms with Gasteiger partial charge in [-0.25, -0.2) is 9.59 Å². The number of hydrogen-bond acceptors (Lipinski definition) is 17. The molecular formula is C26H30O17. The fraction of sp³-hybridized carbons (Fsp3) is 0.462. The van der Waals surface area contributed by atoms with E-state index >= 15 is 0 Å². The van der Waals surface area contributed by atoms with Crippen LogP contribution in [0.2, 0.25) is 0 Å². The molecule has 2 saturated heterocycles. The number of para-hydroxylation sites is 2. The molecule has 2 fully saturated rings. The Bertz CT molecular complexity index is 1200. The van der Waals surface area contributed by atoms with E-state index in [1.165, 1.54) is 12.1 Å². The molecule has 0 aliphatic carbocycles.